The van der Waals surface area contributed by atoms with Gasteiger partial charge in [0.1, 0.15) is 11.5 Å². The van der Waals surface area contributed by atoms with Gasteiger partial charge in [-0.15, -0.1) is 0 Å². The smallest absolute Gasteiger partial charge is 0.295 e. The third-order valence-electron chi connectivity index (χ3n) is 5.21. The first kappa shape index (κ1) is 24.3. The molecule has 1 amide bonds. The van der Waals surface area contributed by atoms with Gasteiger partial charge in [0.25, 0.3) is 11.7 Å². The number of hydrogen-bond acceptors (Lipinski definition) is 5. The number of aliphatic hydroxyl groups excluding tert-OH is 1. The minimum atomic E-state index is -0.706. The largest absolute Gasteiger partial charge is 0.507 e. The number of carbonyl (C=O) groups is 2. The summed E-state index contributed by atoms with van der Waals surface area (Å²) in [5.74, 6) is -1.10. The summed E-state index contributed by atoms with van der Waals surface area (Å²) in [7, 11) is 3.91. The molecule has 32 heavy (non-hydrogen) atoms. The highest BCUT2D eigenvalue weighted by Gasteiger charge is 2.45. The molecule has 8 heteroatoms. The first-order valence-corrected chi connectivity index (χ1v) is 11.5. The number of amides is 1. The van der Waals surface area contributed by atoms with E-state index < -0.39 is 17.7 Å². The van der Waals surface area contributed by atoms with E-state index in [1.54, 1.807) is 18.2 Å². The average molecular weight is 522 g/mol. The van der Waals surface area contributed by atoms with Crippen molar-refractivity contribution in [2.75, 3.05) is 33.8 Å². The Bertz CT molecular complexity index is 1050. The van der Waals surface area contributed by atoms with Gasteiger partial charge in [-0.3, -0.25) is 9.59 Å². The van der Waals surface area contributed by atoms with E-state index in [-0.39, 0.29) is 11.3 Å². The molecule has 0 radical (unpaired) electrons. The predicted molar refractivity (Wildman–Crippen MR) is 129 cm³/mol. The number of ether oxygens (including phenoxy) is 1. The van der Waals surface area contributed by atoms with Crippen LogP contribution in [0.1, 0.15) is 30.5 Å². The van der Waals surface area contributed by atoms with Crippen molar-refractivity contribution in [2.45, 2.75) is 19.4 Å². The fraction of sp³-hybridized carbons (Fsp3) is 0.333. The van der Waals surface area contributed by atoms with Crippen molar-refractivity contribution in [3.8, 4) is 5.75 Å². The maximum atomic E-state index is 13.1. The van der Waals surface area contributed by atoms with Crippen molar-refractivity contribution in [3.05, 3.63) is 68.7 Å². The van der Waals surface area contributed by atoms with Gasteiger partial charge in [0, 0.05) is 16.6 Å². The highest BCUT2D eigenvalue weighted by molar-refractivity contribution is 9.10. The van der Waals surface area contributed by atoms with Gasteiger partial charge < -0.3 is 19.6 Å². The molecule has 1 atom stereocenters. The number of hydrogen-bond donors (Lipinski definition) is 1. The molecule has 1 fully saturated rings. The van der Waals surface area contributed by atoms with E-state index in [1.165, 1.54) is 4.90 Å². The fourth-order valence-corrected chi connectivity index (χ4v) is 4.42. The zero-order valence-electron chi connectivity index (χ0n) is 18.3. The van der Waals surface area contributed by atoms with Crippen LogP contribution in [0.2, 0.25) is 5.02 Å². The fourth-order valence-electron chi connectivity index (χ4n) is 3.77. The molecule has 2 aromatic carbocycles. The summed E-state index contributed by atoms with van der Waals surface area (Å²) in [5, 5.41) is 11.5. The van der Waals surface area contributed by atoms with Crippen LogP contribution in [0.15, 0.2) is 52.5 Å². The number of aliphatic hydroxyl groups is 1. The molecular weight excluding hydrogens is 496 g/mol. The average Bonchev–Trinajstić information content (AvgIpc) is 2.99. The van der Waals surface area contributed by atoms with Crippen molar-refractivity contribution in [3.63, 3.8) is 0 Å². The van der Waals surface area contributed by atoms with Gasteiger partial charge in [-0.25, -0.2) is 0 Å². The second-order valence-corrected chi connectivity index (χ2v) is 9.11. The third-order valence-corrected chi connectivity index (χ3v) is 6.00. The Kier molecular flexibility index (Phi) is 7.98. The minimum Gasteiger partial charge on any atom is -0.507 e. The highest BCUT2D eigenvalue weighted by atomic mass is 79.9. The number of nitrogens with zero attached hydrogens (tertiary/aromatic N) is 2. The van der Waals surface area contributed by atoms with Crippen LogP contribution >= 0.6 is 27.5 Å². The van der Waals surface area contributed by atoms with Crippen molar-refractivity contribution in [1.29, 1.82) is 0 Å². The Morgan fingerprint density at radius 1 is 1.22 bits per heavy atom. The molecule has 1 N–H and O–H groups in total. The Morgan fingerprint density at radius 2 is 1.97 bits per heavy atom. The van der Waals surface area contributed by atoms with Crippen molar-refractivity contribution >= 4 is 45.0 Å². The van der Waals surface area contributed by atoms with Crippen molar-refractivity contribution < 1.29 is 19.4 Å². The van der Waals surface area contributed by atoms with Gasteiger partial charge in [0.2, 0.25) is 0 Å². The van der Waals surface area contributed by atoms with Gasteiger partial charge in [0.15, 0.2) is 0 Å². The predicted octanol–water partition coefficient (Wildman–Crippen LogP) is 4.87. The van der Waals surface area contributed by atoms with E-state index in [4.69, 9.17) is 16.3 Å². The molecule has 2 aromatic rings. The molecule has 6 nitrogen and oxygen atoms in total. The summed E-state index contributed by atoms with van der Waals surface area (Å²) in [5.41, 5.74) is 1.14. The molecule has 0 aliphatic carbocycles. The molecule has 170 valence electrons. The molecule has 1 aliphatic heterocycles. The molecule has 0 unspecified atom stereocenters. The summed E-state index contributed by atoms with van der Waals surface area (Å²) in [6, 6.07) is 11.5. The number of rotatable bonds is 8. The van der Waals surface area contributed by atoms with E-state index in [2.05, 4.69) is 15.9 Å². The Balaban J connectivity index is 2.09. The van der Waals surface area contributed by atoms with Crippen LogP contribution in [0.25, 0.3) is 5.76 Å². The quantitative estimate of drug-likeness (QED) is 0.305. The molecule has 1 heterocycles. The van der Waals surface area contributed by atoms with Crippen molar-refractivity contribution in [2.24, 2.45) is 0 Å². The molecule has 0 saturated carbocycles. The van der Waals surface area contributed by atoms with Gasteiger partial charge in [0.05, 0.1) is 23.2 Å². The molecule has 1 saturated heterocycles. The summed E-state index contributed by atoms with van der Waals surface area (Å²) in [6.45, 7) is 3.45. The second-order valence-electron chi connectivity index (χ2n) is 7.78. The lowest BCUT2D eigenvalue weighted by atomic mass is 9.95. The lowest BCUT2D eigenvalue weighted by Crippen LogP contribution is -2.32. The molecule has 0 bridgehead atoms. The number of carbonyl (C=O) groups excluding carboxylic acids is 2. The van der Waals surface area contributed by atoms with Gasteiger partial charge in [-0.2, -0.15) is 0 Å². The number of Topliss-reactive ketones (excluding diaryl/α,β-unsaturated/α-hetero) is 1. The summed E-state index contributed by atoms with van der Waals surface area (Å²) >= 11 is 9.75. The normalized spacial score (nSPS) is 17.9. The maximum absolute atomic E-state index is 13.1. The molecule has 0 spiro atoms. The van der Waals surface area contributed by atoms with Gasteiger partial charge >= 0.3 is 0 Å². The van der Waals surface area contributed by atoms with Crippen LogP contribution in [0, 0.1) is 0 Å². The summed E-state index contributed by atoms with van der Waals surface area (Å²) in [6.07, 6.45) is 0.694. The molecule has 1 aliphatic rings. The summed E-state index contributed by atoms with van der Waals surface area (Å²) in [4.78, 5) is 29.6. The Labute approximate surface area is 201 Å². The van der Waals surface area contributed by atoms with Crippen LogP contribution < -0.4 is 4.74 Å². The summed E-state index contributed by atoms with van der Waals surface area (Å²) < 4.78 is 6.27. The topological polar surface area (TPSA) is 70.1 Å². The number of benzene rings is 2. The number of halogens is 2. The molecule has 0 aromatic heterocycles. The molecule has 3 rings (SSSR count). The second kappa shape index (κ2) is 10.5. The molecular formula is C24H26BrClN2O4. The van der Waals surface area contributed by atoms with Crippen molar-refractivity contribution in [1.82, 2.24) is 9.80 Å². The monoisotopic (exact) mass is 520 g/mol. The van der Waals surface area contributed by atoms with Crippen LogP contribution in [0.4, 0.5) is 0 Å². The highest BCUT2D eigenvalue weighted by Crippen LogP contribution is 2.40. The first-order chi connectivity index (χ1) is 15.2. The SMILES string of the molecule is CCOc1ccc(/C(O)=C2\C(=O)C(=O)N(CCCN(C)C)[C@@H]2c2cccc(Br)c2)cc1Cl. The van der Waals surface area contributed by atoms with E-state index in [0.717, 1.165) is 16.6 Å². The minimum absolute atomic E-state index is 0.0539. The zero-order valence-corrected chi connectivity index (χ0v) is 20.6. The van der Waals surface area contributed by atoms with E-state index >= 15 is 0 Å². The third kappa shape index (κ3) is 5.17. The van der Waals surface area contributed by atoms with Crippen LogP contribution in [-0.2, 0) is 9.59 Å². The first-order valence-electron chi connectivity index (χ1n) is 10.4. The number of likely N-dealkylation sites (tertiary alicyclic amines) is 1. The lowest BCUT2D eigenvalue weighted by Gasteiger charge is -2.26. The van der Waals surface area contributed by atoms with Crippen LogP contribution in [0.5, 0.6) is 5.75 Å². The van der Waals surface area contributed by atoms with Crippen LogP contribution in [0.3, 0.4) is 0 Å². The van der Waals surface area contributed by atoms with E-state index in [9.17, 15) is 14.7 Å². The van der Waals surface area contributed by atoms with Gasteiger partial charge in [-0.05, 0) is 69.9 Å². The van der Waals surface area contributed by atoms with E-state index in [0.29, 0.717) is 35.9 Å². The standard InChI is InChI=1S/C24H26BrClN2O4/c1-4-32-19-10-9-16(14-18(19)26)22(29)20-21(15-7-5-8-17(25)13-15)28(24(31)23(20)30)12-6-11-27(2)3/h5,7-10,13-14,21,29H,4,6,11-12H2,1-3H3/b22-20+/t21-/m1/s1. The van der Waals surface area contributed by atoms with Gasteiger partial charge in [-0.1, -0.05) is 39.7 Å². The Hall–Kier alpha value is -2.35. The number of ketones is 1. The lowest BCUT2D eigenvalue weighted by molar-refractivity contribution is -0.139. The maximum Gasteiger partial charge on any atom is 0.295 e. The Morgan fingerprint density at radius 3 is 2.59 bits per heavy atom. The zero-order chi connectivity index (χ0) is 23.4. The van der Waals surface area contributed by atoms with E-state index in [1.807, 2.05) is 50.2 Å². The van der Waals surface area contributed by atoms with Crippen LogP contribution in [-0.4, -0.2) is 60.4 Å².